The minimum Gasteiger partial charge on any atom is -0.379 e. The molecule has 0 radical (unpaired) electrons. The van der Waals surface area contributed by atoms with Crippen LogP contribution >= 0.6 is 11.3 Å². The predicted molar refractivity (Wildman–Crippen MR) is 89.6 cm³/mol. The van der Waals surface area contributed by atoms with Gasteiger partial charge in [0.1, 0.15) is 11.5 Å². The first-order chi connectivity index (χ1) is 11.1. The minimum atomic E-state index is -0.912. The Labute approximate surface area is 139 Å². The number of aromatic nitrogens is 2. The lowest BCUT2D eigenvalue weighted by Gasteiger charge is -2.20. The maximum atomic E-state index is 12.4. The Morgan fingerprint density at radius 2 is 2.43 bits per heavy atom. The van der Waals surface area contributed by atoms with Gasteiger partial charge in [-0.1, -0.05) is 11.2 Å². The first-order valence-corrected chi connectivity index (χ1v) is 8.51. The number of nitrogens with zero attached hydrogens (tertiary/aromatic N) is 3. The number of hydrogen-bond donors (Lipinski definition) is 1. The highest BCUT2D eigenvalue weighted by Gasteiger charge is 2.42. The maximum absolute atomic E-state index is 12.4. The number of carbonyl (C=O) groups is 1. The Hall–Kier alpha value is -2.15. The fourth-order valence-corrected chi connectivity index (χ4v) is 3.22. The average Bonchev–Trinajstić information content (AvgIpc) is 3.25. The van der Waals surface area contributed by atoms with Gasteiger partial charge in [-0.2, -0.15) is 0 Å². The summed E-state index contributed by atoms with van der Waals surface area (Å²) in [4.78, 5) is 23.0. The van der Waals surface area contributed by atoms with Crippen LogP contribution in [0.3, 0.4) is 0 Å². The molecule has 1 atom stereocenters. The third kappa shape index (κ3) is 3.44. The Bertz CT molecular complexity index is 707. The van der Waals surface area contributed by atoms with Crippen molar-refractivity contribution in [3.8, 4) is 0 Å². The van der Waals surface area contributed by atoms with Crippen LogP contribution in [0.4, 0.5) is 0 Å². The monoisotopic (exact) mass is 332 g/mol. The minimum absolute atomic E-state index is 0.116. The van der Waals surface area contributed by atoms with Gasteiger partial charge in [0.15, 0.2) is 0 Å². The number of oxime groups is 1. The Morgan fingerprint density at radius 1 is 1.57 bits per heavy atom. The van der Waals surface area contributed by atoms with E-state index >= 15 is 0 Å². The molecule has 1 aliphatic heterocycles. The molecule has 0 bridgehead atoms. The molecule has 3 heterocycles. The quantitative estimate of drug-likeness (QED) is 0.826. The maximum Gasteiger partial charge on any atom is 0.267 e. The second-order valence-corrected chi connectivity index (χ2v) is 6.74. The van der Waals surface area contributed by atoms with E-state index in [4.69, 9.17) is 4.84 Å². The zero-order chi connectivity index (χ0) is 16.3. The lowest BCUT2D eigenvalue weighted by Crippen LogP contribution is -2.45. The van der Waals surface area contributed by atoms with E-state index in [2.05, 4.69) is 20.0 Å². The van der Waals surface area contributed by atoms with E-state index < -0.39 is 5.60 Å². The summed E-state index contributed by atoms with van der Waals surface area (Å²) in [7, 11) is 0. The standard InChI is InChI=1S/C16H20N4O2S/c1-12-17-7-9-20(12)8-4-6-18-15(21)16(2)11-13(19-22-16)14-5-3-10-23-14/h3,5,7,9-10H,4,6,8,11H2,1-2H3,(H,18,21)/t16-/m1/s1. The van der Waals surface area contributed by atoms with Crippen molar-refractivity contribution in [2.24, 2.45) is 5.16 Å². The number of rotatable bonds is 6. The highest BCUT2D eigenvalue weighted by atomic mass is 32.1. The number of carbonyl (C=O) groups excluding carboxylic acids is 1. The normalized spacial score (nSPS) is 20.2. The SMILES string of the molecule is Cc1nccn1CCCNC(=O)[C@@]1(C)CC(c2cccs2)=NO1. The van der Waals surface area contributed by atoms with Crippen LogP contribution in [0.1, 0.15) is 30.5 Å². The van der Waals surface area contributed by atoms with Crippen molar-refractivity contribution in [1.29, 1.82) is 0 Å². The molecule has 2 aromatic heterocycles. The Balaban J connectivity index is 1.46. The lowest BCUT2D eigenvalue weighted by molar-refractivity contribution is -0.141. The Kier molecular flexibility index (Phi) is 4.47. The van der Waals surface area contributed by atoms with Gasteiger partial charge < -0.3 is 14.7 Å². The van der Waals surface area contributed by atoms with Gasteiger partial charge in [0.25, 0.3) is 5.91 Å². The van der Waals surface area contributed by atoms with Crippen molar-refractivity contribution in [3.05, 3.63) is 40.6 Å². The topological polar surface area (TPSA) is 68.5 Å². The summed E-state index contributed by atoms with van der Waals surface area (Å²) in [6, 6.07) is 3.96. The zero-order valence-corrected chi connectivity index (χ0v) is 14.1. The Morgan fingerprint density at radius 3 is 3.13 bits per heavy atom. The van der Waals surface area contributed by atoms with Crippen molar-refractivity contribution >= 4 is 23.0 Å². The summed E-state index contributed by atoms with van der Waals surface area (Å²) in [5, 5.41) is 9.02. The molecular weight excluding hydrogens is 312 g/mol. The molecule has 1 amide bonds. The molecule has 1 aliphatic rings. The van der Waals surface area contributed by atoms with E-state index in [9.17, 15) is 4.79 Å². The summed E-state index contributed by atoms with van der Waals surface area (Å²) < 4.78 is 2.07. The number of thiophene rings is 1. The number of aryl methyl sites for hydroxylation is 2. The van der Waals surface area contributed by atoms with Gasteiger partial charge in [-0.05, 0) is 31.7 Å². The number of hydrogen-bond acceptors (Lipinski definition) is 5. The van der Waals surface area contributed by atoms with Crippen LogP contribution in [0.2, 0.25) is 0 Å². The molecule has 0 aliphatic carbocycles. The zero-order valence-electron chi connectivity index (χ0n) is 13.3. The van der Waals surface area contributed by atoms with Gasteiger partial charge in [0.05, 0.1) is 4.88 Å². The molecule has 1 N–H and O–H groups in total. The van der Waals surface area contributed by atoms with Crippen molar-refractivity contribution in [2.45, 2.75) is 38.8 Å². The first kappa shape index (κ1) is 15.7. The summed E-state index contributed by atoms with van der Waals surface area (Å²) in [6.45, 7) is 5.19. The highest BCUT2D eigenvalue weighted by molar-refractivity contribution is 7.12. The van der Waals surface area contributed by atoms with Crippen LogP contribution in [0.15, 0.2) is 35.1 Å². The molecule has 7 heteroatoms. The predicted octanol–water partition coefficient (Wildman–Crippen LogP) is 2.34. The van der Waals surface area contributed by atoms with Gasteiger partial charge >= 0.3 is 0 Å². The first-order valence-electron chi connectivity index (χ1n) is 7.63. The van der Waals surface area contributed by atoms with E-state index in [0.717, 1.165) is 29.4 Å². The van der Waals surface area contributed by atoms with Gasteiger partial charge in [0, 0.05) is 31.9 Å². The second kappa shape index (κ2) is 6.54. The molecular formula is C16H20N4O2S. The van der Waals surface area contributed by atoms with Crippen LogP contribution in [0, 0.1) is 6.92 Å². The van der Waals surface area contributed by atoms with Gasteiger partial charge in [-0.15, -0.1) is 11.3 Å². The van der Waals surface area contributed by atoms with E-state index in [1.165, 1.54) is 0 Å². The smallest absolute Gasteiger partial charge is 0.267 e. The van der Waals surface area contributed by atoms with E-state index in [1.807, 2.05) is 30.6 Å². The van der Waals surface area contributed by atoms with Crippen LogP contribution in [-0.4, -0.2) is 33.3 Å². The fourth-order valence-electron chi connectivity index (χ4n) is 2.51. The van der Waals surface area contributed by atoms with Crippen molar-refractivity contribution < 1.29 is 9.63 Å². The number of nitrogens with one attached hydrogen (secondary N) is 1. The molecule has 23 heavy (non-hydrogen) atoms. The number of amides is 1. The molecule has 0 unspecified atom stereocenters. The van der Waals surface area contributed by atoms with E-state index in [-0.39, 0.29) is 5.91 Å². The average molecular weight is 332 g/mol. The molecule has 0 fully saturated rings. The summed E-state index contributed by atoms with van der Waals surface area (Å²) in [5.74, 6) is 0.867. The van der Waals surface area contributed by atoms with Crippen molar-refractivity contribution in [3.63, 3.8) is 0 Å². The highest BCUT2D eigenvalue weighted by Crippen LogP contribution is 2.28. The molecule has 0 saturated heterocycles. The van der Waals surface area contributed by atoms with Crippen molar-refractivity contribution in [2.75, 3.05) is 6.54 Å². The molecule has 0 spiro atoms. The molecule has 0 aromatic carbocycles. The van der Waals surface area contributed by atoms with Crippen LogP contribution in [0.5, 0.6) is 0 Å². The third-order valence-electron chi connectivity index (χ3n) is 3.93. The fraction of sp³-hybridized carbons (Fsp3) is 0.438. The van der Waals surface area contributed by atoms with Gasteiger partial charge in [-0.3, -0.25) is 4.79 Å². The van der Waals surface area contributed by atoms with Crippen LogP contribution in [-0.2, 0) is 16.2 Å². The second-order valence-electron chi connectivity index (χ2n) is 5.79. The lowest BCUT2D eigenvalue weighted by atomic mass is 9.98. The largest absolute Gasteiger partial charge is 0.379 e. The van der Waals surface area contributed by atoms with Gasteiger partial charge in [-0.25, -0.2) is 4.98 Å². The summed E-state index contributed by atoms with van der Waals surface area (Å²) >= 11 is 1.60. The molecule has 3 rings (SSSR count). The molecule has 2 aromatic rings. The third-order valence-corrected chi connectivity index (χ3v) is 4.85. The van der Waals surface area contributed by atoms with E-state index in [1.54, 1.807) is 24.5 Å². The van der Waals surface area contributed by atoms with Gasteiger partial charge in [0.2, 0.25) is 5.60 Å². The van der Waals surface area contributed by atoms with Crippen molar-refractivity contribution in [1.82, 2.24) is 14.9 Å². The molecule has 122 valence electrons. The van der Waals surface area contributed by atoms with Crippen LogP contribution in [0.25, 0.3) is 0 Å². The summed E-state index contributed by atoms with van der Waals surface area (Å²) in [6.07, 6.45) is 5.07. The van der Waals surface area contributed by atoms with E-state index in [0.29, 0.717) is 13.0 Å². The molecule has 0 saturated carbocycles. The summed E-state index contributed by atoms with van der Waals surface area (Å²) in [5.41, 5.74) is -0.0729. The molecule has 6 nitrogen and oxygen atoms in total. The number of imidazole rings is 1. The van der Waals surface area contributed by atoms with Crippen LogP contribution < -0.4 is 5.32 Å².